The highest BCUT2D eigenvalue weighted by molar-refractivity contribution is 5.96. The summed E-state index contributed by atoms with van der Waals surface area (Å²) in [5.74, 6) is -2.99. The summed E-state index contributed by atoms with van der Waals surface area (Å²) in [7, 11) is 0. The van der Waals surface area contributed by atoms with Gasteiger partial charge in [0.2, 0.25) is 5.91 Å². The second kappa shape index (κ2) is 6.96. The summed E-state index contributed by atoms with van der Waals surface area (Å²) in [6.45, 7) is 2.33. The van der Waals surface area contributed by atoms with Crippen LogP contribution in [0.25, 0.3) is 0 Å². The SMILES string of the molecule is CCOc1cccc(C(=O)NNC(=O)[C@H]2[C@H](C(=O)O)[C@H]3C=C[C@H]2C3)c1. The fraction of sp³-hybridized carbons (Fsp3) is 0.389. The molecule has 1 fully saturated rings. The van der Waals surface area contributed by atoms with Crippen LogP contribution in [0.2, 0.25) is 0 Å². The van der Waals surface area contributed by atoms with Crippen LogP contribution in [-0.2, 0) is 9.59 Å². The number of allylic oxidation sites excluding steroid dienone is 2. The van der Waals surface area contributed by atoms with Crippen LogP contribution in [-0.4, -0.2) is 29.5 Å². The van der Waals surface area contributed by atoms with Crippen LogP contribution in [0.5, 0.6) is 5.75 Å². The molecule has 0 aliphatic heterocycles. The van der Waals surface area contributed by atoms with Crippen molar-refractivity contribution in [1.29, 1.82) is 0 Å². The number of benzene rings is 1. The van der Waals surface area contributed by atoms with Crippen molar-refractivity contribution < 1.29 is 24.2 Å². The van der Waals surface area contributed by atoms with Gasteiger partial charge in [-0.3, -0.25) is 25.2 Å². The van der Waals surface area contributed by atoms with Crippen molar-refractivity contribution in [3.63, 3.8) is 0 Å². The largest absolute Gasteiger partial charge is 0.494 e. The van der Waals surface area contributed by atoms with Crippen LogP contribution in [0, 0.1) is 23.7 Å². The van der Waals surface area contributed by atoms with Crippen molar-refractivity contribution in [3.8, 4) is 5.75 Å². The summed E-state index contributed by atoms with van der Waals surface area (Å²) in [5, 5.41) is 9.38. The van der Waals surface area contributed by atoms with E-state index >= 15 is 0 Å². The number of amides is 2. The van der Waals surface area contributed by atoms with Gasteiger partial charge in [-0.05, 0) is 43.4 Å². The minimum Gasteiger partial charge on any atom is -0.494 e. The highest BCUT2D eigenvalue weighted by Crippen LogP contribution is 2.48. The summed E-state index contributed by atoms with van der Waals surface area (Å²) < 4.78 is 5.34. The van der Waals surface area contributed by atoms with Gasteiger partial charge in [0.05, 0.1) is 18.4 Å². The average molecular weight is 344 g/mol. The fourth-order valence-corrected chi connectivity index (χ4v) is 3.68. The van der Waals surface area contributed by atoms with E-state index in [0.29, 0.717) is 24.3 Å². The Morgan fingerprint density at radius 2 is 1.88 bits per heavy atom. The third kappa shape index (κ3) is 3.35. The van der Waals surface area contributed by atoms with Crippen LogP contribution in [0.4, 0.5) is 0 Å². The van der Waals surface area contributed by atoms with Crippen molar-refractivity contribution in [3.05, 3.63) is 42.0 Å². The Kier molecular flexibility index (Phi) is 4.74. The number of carboxylic acids is 1. The minimum atomic E-state index is -0.979. The Balaban J connectivity index is 1.62. The van der Waals surface area contributed by atoms with Crippen LogP contribution in [0.1, 0.15) is 23.7 Å². The van der Waals surface area contributed by atoms with E-state index in [1.807, 2.05) is 19.1 Å². The highest BCUT2D eigenvalue weighted by Gasteiger charge is 2.51. The number of hydrogen-bond donors (Lipinski definition) is 3. The topological polar surface area (TPSA) is 105 Å². The van der Waals surface area contributed by atoms with Gasteiger partial charge < -0.3 is 9.84 Å². The zero-order valence-electron chi connectivity index (χ0n) is 13.8. The van der Waals surface area contributed by atoms with Gasteiger partial charge in [0, 0.05) is 5.56 Å². The molecule has 0 spiro atoms. The lowest BCUT2D eigenvalue weighted by atomic mass is 9.82. The third-order valence-corrected chi connectivity index (χ3v) is 4.75. The maximum atomic E-state index is 12.4. The highest BCUT2D eigenvalue weighted by atomic mass is 16.5. The van der Waals surface area contributed by atoms with Crippen molar-refractivity contribution in [2.24, 2.45) is 23.7 Å². The molecule has 1 saturated carbocycles. The number of hydrogen-bond acceptors (Lipinski definition) is 4. The maximum Gasteiger partial charge on any atom is 0.307 e. The Labute approximate surface area is 145 Å². The lowest BCUT2D eigenvalue weighted by Crippen LogP contribution is -2.48. The van der Waals surface area contributed by atoms with E-state index in [0.717, 1.165) is 0 Å². The predicted octanol–water partition coefficient (Wildman–Crippen LogP) is 1.37. The molecule has 3 rings (SSSR count). The third-order valence-electron chi connectivity index (χ3n) is 4.75. The summed E-state index contributed by atoms with van der Waals surface area (Å²) >= 11 is 0. The molecule has 2 aliphatic carbocycles. The van der Waals surface area contributed by atoms with Crippen LogP contribution in [0.3, 0.4) is 0 Å². The first-order valence-electron chi connectivity index (χ1n) is 8.25. The molecule has 0 radical (unpaired) electrons. The normalized spacial score (nSPS) is 26.3. The molecule has 2 amide bonds. The van der Waals surface area contributed by atoms with Gasteiger partial charge >= 0.3 is 5.97 Å². The maximum absolute atomic E-state index is 12.4. The second-order valence-corrected chi connectivity index (χ2v) is 6.24. The number of carbonyl (C=O) groups is 3. The van der Waals surface area contributed by atoms with Gasteiger partial charge in [-0.2, -0.15) is 0 Å². The minimum absolute atomic E-state index is 0.0933. The number of carbonyl (C=O) groups excluding carboxylic acids is 2. The lowest BCUT2D eigenvalue weighted by molar-refractivity contribution is -0.148. The van der Waals surface area contributed by atoms with Crippen LogP contribution in [0.15, 0.2) is 36.4 Å². The Hall–Kier alpha value is -2.83. The molecule has 25 heavy (non-hydrogen) atoms. The van der Waals surface area contributed by atoms with E-state index in [1.54, 1.807) is 24.3 Å². The molecule has 0 saturated heterocycles. The van der Waals surface area contributed by atoms with E-state index in [-0.39, 0.29) is 11.8 Å². The number of carboxylic acid groups (broad SMARTS) is 1. The van der Waals surface area contributed by atoms with Gasteiger partial charge in [-0.1, -0.05) is 18.2 Å². The molecule has 3 N–H and O–H groups in total. The Morgan fingerprint density at radius 3 is 2.56 bits per heavy atom. The predicted molar refractivity (Wildman–Crippen MR) is 88.6 cm³/mol. The molecule has 1 aromatic carbocycles. The molecule has 2 aliphatic rings. The van der Waals surface area contributed by atoms with Gasteiger partial charge in [-0.25, -0.2) is 0 Å². The van der Waals surface area contributed by atoms with Gasteiger partial charge in [0.15, 0.2) is 0 Å². The first kappa shape index (κ1) is 17.0. The number of nitrogens with one attached hydrogen (secondary N) is 2. The van der Waals surface area contributed by atoms with E-state index in [2.05, 4.69) is 10.9 Å². The molecule has 2 bridgehead atoms. The number of ether oxygens (including phenoxy) is 1. The number of aliphatic carboxylic acids is 1. The van der Waals surface area contributed by atoms with Crippen LogP contribution < -0.4 is 15.6 Å². The smallest absolute Gasteiger partial charge is 0.307 e. The Morgan fingerprint density at radius 1 is 1.16 bits per heavy atom. The fourth-order valence-electron chi connectivity index (χ4n) is 3.68. The van der Waals surface area contributed by atoms with Gasteiger partial charge in [-0.15, -0.1) is 0 Å². The van der Waals surface area contributed by atoms with Crippen LogP contribution >= 0.6 is 0 Å². The molecule has 1 aromatic rings. The molecular weight excluding hydrogens is 324 g/mol. The lowest BCUT2D eigenvalue weighted by Gasteiger charge is -2.23. The van der Waals surface area contributed by atoms with Crippen molar-refractivity contribution in [2.75, 3.05) is 6.61 Å². The number of rotatable bonds is 5. The first-order valence-corrected chi connectivity index (χ1v) is 8.25. The Bertz CT molecular complexity index is 730. The molecule has 132 valence electrons. The quantitative estimate of drug-likeness (QED) is 0.553. The molecule has 7 heteroatoms. The summed E-state index contributed by atoms with van der Waals surface area (Å²) in [4.78, 5) is 36.0. The van der Waals surface area contributed by atoms with E-state index in [4.69, 9.17) is 4.74 Å². The van der Waals surface area contributed by atoms with Gasteiger partial charge in [0.1, 0.15) is 5.75 Å². The van der Waals surface area contributed by atoms with Crippen molar-refractivity contribution in [2.45, 2.75) is 13.3 Å². The van der Waals surface area contributed by atoms with Crippen molar-refractivity contribution in [1.82, 2.24) is 10.9 Å². The molecule has 0 aromatic heterocycles. The summed E-state index contributed by atoms with van der Waals surface area (Å²) in [5.41, 5.74) is 5.06. The van der Waals surface area contributed by atoms with Gasteiger partial charge in [0.25, 0.3) is 5.91 Å². The second-order valence-electron chi connectivity index (χ2n) is 6.24. The molecule has 7 nitrogen and oxygen atoms in total. The summed E-state index contributed by atoms with van der Waals surface area (Å²) in [6.07, 6.45) is 4.42. The zero-order chi connectivity index (χ0) is 18.0. The van der Waals surface area contributed by atoms with E-state index < -0.39 is 29.6 Å². The standard InChI is InChI=1S/C18H20N2O5/c1-2-25-13-5-3-4-12(9-13)16(21)19-20-17(22)14-10-6-7-11(8-10)15(14)18(23)24/h3-7,9-11,14-15H,2,8H2,1H3,(H,19,21)(H,20,22)(H,23,24)/t10-,11-,14+,15+/m0/s1. The van der Waals surface area contributed by atoms with E-state index in [9.17, 15) is 19.5 Å². The zero-order valence-corrected chi connectivity index (χ0v) is 13.8. The van der Waals surface area contributed by atoms with Crippen molar-refractivity contribution >= 4 is 17.8 Å². The average Bonchev–Trinajstić information content (AvgIpc) is 3.21. The molecule has 0 heterocycles. The number of hydrazine groups is 1. The molecule has 4 atom stereocenters. The van der Waals surface area contributed by atoms with E-state index in [1.165, 1.54) is 0 Å². The monoisotopic (exact) mass is 344 g/mol. The summed E-state index contributed by atoms with van der Waals surface area (Å²) in [6, 6.07) is 6.59. The first-order chi connectivity index (χ1) is 12.0. The molecule has 0 unspecified atom stereocenters. The molecular formula is C18H20N2O5. The number of fused-ring (bicyclic) bond motifs is 2.